The summed E-state index contributed by atoms with van der Waals surface area (Å²) in [7, 11) is -3.54. The van der Waals surface area contributed by atoms with Crippen LogP contribution in [0.5, 0.6) is 0 Å². The fourth-order valence-corrected chi connectivity index (χ4v) is 11.1. The lowest BCUT2D eigenvalue weighted by Crippen LogP contribution is -2.64. The summed E-state index contributed by atoms with van der Waals surface area (Å²) in [5.74, 6) is 1.03. The van der Waals surface area contributed by atoms with E-state index >= 15 is 0 Å². The molecule has 6 rings (SSSR count). The van der Waals surface area contributed by atoms with Crippen molar-refractivity contribution >= 4 is 10.0 Å². The lowest BCUT2D eigenvalue weighted by atomic mass is 9.77. The van der Waals surface area contributed by atoms with Crippen molar-refractivity contribution in [2.75, 3.05) is 32.8 Å². The van der Waals surface area contributed by atoms with Crippen LogP contribution in [-0.4, -0.2) is 93.1 Å². The predicted octanol–water partition coefficient (Wildman–Crippen LogP) is 5.04. The van der Waals surface area contributed by atoms with E-state index in [4.69, 9.17) is 9.47 Å². The van der Waals surface area contributed by atoms with E-state index in [1.165, 1.54) is 29.5 Å². The van der Waals surface area contributed by atoms with Gasteiger partial charge in [0.15, 0.2) is 0 Å². The minimum atomic E-state index is -3.54. The molecular formula is C37H63N5O4S. The zero-order chi connectivity index (χ0) is 33.5. The lowest BCUT2D eigenvalue weighted by Gasteiger charge is -2.49. The number of hydrogen-bond acceptors (Lipinski definition) is 8. The first-order valence-electron chi connectivity index (χ1n) is 18.6. The van der Waals surface area contributed by atoms with Crippen molar-refractivity contribution in [1.82, 2.24) is 25.2 Å². The van der Waals surface area contributed by atoms with Crippen LogP contribution in [-0.2, 0) is 19.5 Å². The van der Waals surface area contributed by atoms with Crippen molar-refractivity contribution < 1.29 is 17.9 Å². The molecule has 3 heterocycles. The predicted molar refractivity (Wildman–Crippen MR) is 188 cm³/mol. The molecule has 10 heteroatoms. The quantitative estimate of drug-likeness (QED) is 0.401. The number of ether oxygens (including phenoxy) is 2. The molecule has 1 aromatic rings. The van der Waals surface area contributed by atoms with Gasteiger partial charge in [-0.1, -0.05) is 45.4 Å². The van der Waals surface area contributed by atoms with Crippen LogP contribution >= 0.6 is 0 Å². The minimum absolute atomic E-state index is 0.0194. The Morgan fingerprint density at radius 1 is 0.936 bits per heavy atom. The van der Waals surface area contributed by atoms with Crippen molar-refractivity contribution in [2.45, 2.75) is 148 Å². The molecule has 5 aliphatic rings. The summed E-state index contributed by atoms with van der Waals surface area (Å²) in [6, 6.07) is 7.29. The first-order valence-corrected chi connectivity index (χ1v) is 20.1. The zero-order valence-electron chi connectivity index (χ0n) is 30.1. The van der Waals surface area contributed by atoms with Crippen molar-refractivity contribution in [3.8, 4) is 0 Å². The van der Waals surface area contributed by atoms with E-state index in [1.54, 1.807) is 0 Å². The molecular weight excluding hydrogens is 611 g/mol. The Morgan fingerprint density at radius 2 is 1.64 bits per heavy atom. The molecule has 266 valence electrons. The van der Waals surface area contributed by atoms with Gasteiger partial charge in [-0.2, -0.15) is 4.72 Å². The van der Waals surface area contributed by atoms with Gasteiger partial charge in [-0.15, -0.1) is 0 Å². The fraction of sp³-hybridized carbons (Fsp3) is 0.838. The van der Waals surface area contributed by atoms with E-state index in [0.29, 0.717) is 36.7 Å². The maximum absolute atomic E-state index is 13.9. The van der Waals surface area contributed by atoms with Gasteiger partial charge in [0.2, 0.25) is 10.0 Å². The lowest BCUT2D eigenvalue weighted by molar-refractivity contribution is -0.100. The van der Waals surface area contributed by atoms with Gasteiger partial charge in [0, 0.05) is 50.7 Å². The van der Waals surface area contributed by atoms with E-state index in [1.807, 2.05) is 0 Å². The number of aryl methyl sites for hydroxylation is 2. The zero-order valence-corrected chi connectivity index (χ0v) is 31.0. The Balaban J connectivity index is 1.24. The van der Waals surface area contributed by atoms with Crippen molar-refractivity contribution in [2.24, 2.45) is 17.3 Å². The average Bonchev–Trinajstić information content (AvgIpc) is 2.95. The topological polar surface area (TPSA) is 95.2 Å². The molecule has 4 bridgehead atoms. The van der Waals surface area contributed by atoms with Crippen LogP contribution in [0.3, 0.4) is 0 Å². The summed E-state index contributed by atoms with van der Waals surface area (Å²) >= 11 is 0. The van der Waals surface area contributed by atoms with Crippen LogP contribution in [0.15, 0.2) is 18.2 Å². The average molecular weight is 674 g/mol. The highest BCUT2D eigenvalue weighted by Crippen LogP contribution is 2.38. The second-order valence-corrected chi connectivity index (χ2v) is 19.1. The standard InChI is InChI=1S/C37H63N5O4S/c1-24-10-8-11-25(2)35(24)33-17-34-39-36(38-33)40-47(43,44)32-13-9-12-28(16-32)21-42(31(23-45-34)18-37(5,6)7)22-29-14-30(15-29)41-19-26(3)46-27(4)20-41/h8,10-11,26-34,36,38-40H,9,12-23H2,1-7H3/t26?,27?,28?,29?,30?,31-,32?,33?,34?,36?/m1/s1. The summed E-state index contributed by atoms with van der Waals surface area (Å²) in [6.45, 7) is 20.4. The molecule has 7 unspecified atom stereocenters. The normalized spacial score (nSPS) is 39.2. The molecule has 3 N–H and O–H groups in total. The Kier molecular flexibility index (Phi) is 11.1. The van der Waals surface area contributed by atoms with Gasteiger partial charge in [0.05, 0.1) is 24.1 Å². The van der Waals surface area contributed by atoms with Crippen LogP contribution in [0.25, 0.3) is 0 Å². The molecule has 3 saturated heterocycles. The van der Waals surface area contributed by atoms with Crippen LogP contribution in [0.4, 0.5) is 0 Å². The highest BCUT2D eigenvalue weighted by atomic mass is 32.2. The first kappa shape index (κ1) is 35.7. The number of hydrogen-bond donors (Lipinski definition) is 3. The molecule has 9 nitrogen and oxygen atoms in total. The van der Waals surface area contributed by atoms with Gasteiger partial charge in [-0.05, 0) is 100 Å². The summed E-state index contributed by atoms with van der Waals surface area (Å²) < 4.78 is 43.8. The summed E-state index contributed by atoms with van der Waals surface area (Å²) in [5.41, 5.74) is 3.82. The Labute approximate surface area is 285 Å². The van der Waals surface area contributed by atoms with Gasteiger partial charge in [-0.25, -0.2) is 8.42 Å². The number of rotatable bonds is 5. The molecule has 0 amide bonds. The third kappa shape index (κ3) is 8.98. The Bertz CT molecular complexity index is 1280. The van der Waals surface area contributed by atoms with Crippen LogP contribution in [0.2, 0.25) is 0 Å². The van der Waals surface area contributed by atoms with Gasteiger partial charge in [0.1, 0.15) is 12.5 Å². The van der Waals surface area contributed by atoms with Gasteiger partial charge in [0.25, 0.3) is 0 Å². The second kappa shape index (κ2) is 14.6. The molecule has 0 spiro atoms. The number of fused-ring (bicyclic) bond motifs is 4. The SMILES string of the molecule is Cc1cccc(C)c1C1CC2NC(N1)NS(=O)(=O)C1CCCC(C1)CN(CC1CC(N3CC(C)OC(C)C3)C1)[C@H](CC(C)(C)C)CO2. The van der Waals surface area contributed by atoms with E-state index < -0.39 is 16.3 Å². The maximum atomic E-state index is 13.9. The largest absolute Gasteiger partial charge is 0.373 e. The third-order valence-corrected chi connectivity index (χ3v) is 13.4. The fourth-order valence-electron chi connectivity index (χ4n) is 9.42. The van der Waals surface area contributed by atoms with E-state index in [0.717, 1.165) is 64.7 Å². The van der Waals surface area contributed by atoms with Gasteiger partial charge in [-0.3, -0.25) is 20.4 Å². The molecule has 0 radical (unpaired) electrons. The number of nitrogens with one attached hydrogen (secondary N) is 3. The second-order valence-electron chi connectivity index (χ2n) is 17.1. The summed E-state index contributed by atoms with van der Waals surface area (Å²) in [4.78, 5) is 5.41. The van der Waals surface area contributed by atoms with Crippen LogP contribution in [0, 0.1) is 31.1 Å². The van der Waals surface area contributed by atoms with Crippen LogP contribution in [0.1, 0.15) is 109 Å². The van der Waals surface area contributed by atoms with E-state index in [-0.39, 0.29) is 29.0 Å². The Hall–Kier alpha value is -1.11. The molecule has 2 aliphatic carbocycles. The number of benzene rings is 1. The van der Waals surface area contributed by atoms with E-state index in [9.17, 15) is 8.42 Å². The smallest absolute Gasteiger partial charge is 0.216 e. The highest BCUT2D eigenvalue weighted by Gasteiger charge is 2.42. The monoisotopic (exact) mass is 673 g/mol. The molecule has 8 atom stereocenters. The van der Waals surface area contributed by atoms with Crippen molar-refractivity contribution in [1.29, 1.82) is 0 Å². The highest BCUT2D eigenvalue weighted by molar-refractivity contribution is 7.90. The number of morpholine rings is 1. The third-order valence-electron chi connectivity index (χ3n) is 11.5. The molecule has 5 fully saturated rings. The van der Waals surface area contributed by atoms with E-state index in [2.05, 4.69) is 91.8 Å². The Morgan fingerprint density at radius 3 is 2.32 bits per heavy atom. The molecule has 0 aromatic heterocycles. The first-order chi connectivity index (χ1) is 22.2. The molecule has 47 heavy (non-hydrogen) atoms. The van der Waals surface area contributed by atoms with Crippen molar-refractivity contribution in [3.05, 3.63) is 34.9 Å². The molecule has 2 saturated carbocycles. The number of sulfonamides is 1. The van der Waals surface area contributed by atoms with Gasteiger partial charge >= 0.3 is 0 Å². The van der Waals surface area contributed by atoms with Crippen LogP contribution < -0.4 is 15.4 Å². The maximum Gasteiger partial charge on any atom is 0.216 e. The molecule has 1 aromatic carbocycles. The van der Waals surface area contributed by atoms with Crippen molar-refractivity contribution in [3.63, 3.8) is 0 Å². The molecule has 3 aliphatic heterocycles. The minimum Gasteiger partial charge on any atom is -0.373 e. The van der Waals surface area contributed by atoms with Gasteiger partial charge < -0.3 is 9.47 Å². The summed E-state index contributed by atoms with van der Waals surface area (Å²) in [6.07, 6.45) is 7.51. The summed E-state index contributed by atoms with van der Waals surface area (Å²) in [5, 5.41) is 6.76. The number of nitrogens with zero attached hydrogens (tertiary/aromatic N) is 2.